The van der Waals surface area contributed by atoms with Gasteiger partial charge in [-0.3, -0.25) is 9.59 Å². The fraction of sp³-hybridized carbons (Fsp3) is 0.522. The largest absolute Gasteiger partial charge is 0.383 e. The number of carbonyl (C=O) groups is 2. The van der Waals surface area contributed by atoms with Gasteiger partial charge in [0.1, 0.15) is 0 Å². The summed E-state index contributed by atoms with van der Waals surface area (Å²) in [7, 11) is 1.58. The van der Waals surface area contributed by atoms with Gasteiger partial charge in [-0.15, -0.1) is 0 Å². The predicted molar refractivity (Wildman–Crippen MR) is 116 cm³/mol. The van der Waals surface area contributed by atoms with Crippen LogP contribution in [0.5, 0.6) is 0 Å². The highest BCUT2D eigenvalue weighted by Crippen LogP contribution is 2.29. The van der Waals surface area contributed by atoms with E-state index in [9.17, 15) is 9.59 Å². The summed E-state index contributed by atoms with van der Waals surface area (Å²) in [5.41, 5.74) is 4.55. The van der Waals surface area contributed by atoms with E-state index < -0.39 is 0 Å². The molecule has 0 aliphatic rings. The quantitative estimate of drug-likeness (QED) is 0.600. The molecule has 0 radical (unpaired) electrons. The summed E-state index contributed by atoms with van der Waals surface area (Å²) in [5, 5.41) is 6.81. The normalized spacial score (nSPS) is 11.0. The Kier molecular flexibility index (Phi) is 8.59. The van der Waals surface area contributed by atoms with Crippen LogP contribution in [0.3, 0.4) is 0 Å². The molecule has 2 amide bonds. The van der Waals surface area contributed by atoms with E-state index in [0.29, 0.717) is 32.0 Å². The molecule has 30 heavy (non-hydrogen) atoms. The van der Waals surface area contributed by atoms with Gasteiger partial charge >= 0.3 is 0 Å². The lowest BCUT2D eigenvalue weighted by molar-refractivity contribution is -0.121. The van der Waals surface area contributed by atoms with Gasteiger partial charge in [0.15, 0.2) is 11.5 Å². The van der Waals surface area contributed by atoms with E-state index in [4.69, 9.17) is 9.26 Å². The fourth-order valence-electron chi connectivity index (χ4n) is 3.56. The first kappa shape index (κ1) is 23.6. The highest BCUT2D eigenvalue weighted by Gasteiger charge is 2.23. The predicted octanol–water partition coefficient (Wildman–Crippen LogP) is 3.52. The first-order valence-electron chi connectivity index (χ1n) is 10.3. The number of benzene rings is 1. The number of nitrogens with zero attached hydrogens (tertiary/aromatic N) is 2. The van der Waals surface area contributed by atoms with E-state index in [0.717, 1.165) is 16.7 Å². The molecule has 0 fully saturated rings. The molecule has 164 valence electrons. The maximum absolute atomic E-state index is 13.1. The van der Waals surface area contributed by atoms with Gasteiger partial charge < -0.3 is 19.5 Å². The Morgan fingerprint density at radius 1 is 1.17 bits per heavy atom. The van der Waals surface area contributed by atoms with E-state index in [2.05, 4.69) is 22.6 Å². The smallest absolute Gasteiger partial charge is 0.276 e. The third kappa shape index (κ3) is 6.42. The number of amides is 2. The SMILES string of the molecule is COCCNC(=O)CCN(CC(C)C)C(=O)c1cc(-c2c(C)cc(C)cc2C)on1. The van der Waals surface area contributed by atoms with Crippen molar-refractivity contribution in [2.45, 2.75) is 41.0 Å². The number of hydrogen-bond acceptors (Lipinski definition) is 5. The van der Waals surface area contributed by atoms with Crippen molar-refractivity contribution in [1.82, 2.24) is 15.4 Å². The number of rotatable bonds is 10. The van der Waals surface area contributed by atoms with Crippen LogP contribution in [-0.4, -0.2) is 55.2 Å². The second-order valence-electron chi connectivity index (χ2n) is 8.09. The van der Waals surface area contributed by atoms with Crippen LogP contribution >= 0.6 is 0 Å². The molecule has 0 unspecified atom stereocenters. The molecule has 7 heteroatoms. The lowest BCUT2D eigenvalue weighted by Gasteiger charge is -2.23. The first-order chi connectivity index (χ1) is 14.2. The zero-order valence-corrected chi connectivity index (χ0v) is 18.9. The Balaban J connectivity index is 2.14. The van der Waals surface area contributed by atoms with E-state index in [1.165, 1.54) is 5.56 Å². The molecule has 0 saturated carbocycles. The molecule has 1 heterocycles. The second kappa shape index (κ2) is 10.9. The Morgan fingerprint density at radius 3 is 2.43 bits per heavy atom. The van der Waals surface area contributed by atoms with Crippen molar-refractivity contribution in [1.29, 1.82) is 0 Å². The molecule has 7 nitrogen and oxygen atoms in total. The van der Waals surface area contributed by atoms with Crippen molar-refractivity contribution in [3.63, 3.8) is 0 Å². The molecule has 0 saturated heterocycles. The minimum atomic E-state index is -0.231. The maximum Gasteiger partial charge on any atom is 0.276 e. The van der Waals surface area contributed by atoms with Gasteiger partial charge in [0.05, 0.1) is 6.61 Å². The van der Waals surface area contributed by atoms with Crippen LogP contribution < -0.4 is 5.32 Å². The molecule has 0 aliphatic heterocycles. The van der Waals surface area contributed by atoms with Crippen LogP contribution in [0.25, 0.3) is 11.3 Å². The van der Waals surface area contributed by atoms with Crippen molar-refractivity contribution < 1.29 is 18.8 Å². The van der Waals surface area contributed by atoms with E-state index in [1.807, 2.05) is 34.6 Å². The van der Waals surface area contributed by atoms with Gasteiger partial charge in [-0.05, 0) is 37.8 Å². The van der Waals surface area contributed by atoms with Gasteiger partial charge in [-0.25, -0.2) is 0 Å². The number of aryl methyl sites for hydroxylation is 3. The zero-order valence-electron chi connectivity index (χ0n) is 18.9. The number of carbonyl (C=O) groups excluding carboxylic acids is 2. The van der Waals surface area contributed by atoms with Crippen LogP contribution in [0.2, 0.25) is 0 Å². The second-order valence-corrected chi connectivity index (χ2v) is 8.09. The molecular weight excluding hydrogens is 382 g/mol. The topological polar surface area (TPSA) is 84.7 Å². The van der Waals surface area contributed by atoms with Gasteiger partial charge in [-0.2, -0.15) is 0 Å². The lowest BCUT2D eigenvalue weighted by Crippen LogP contribution is -2.38. The Labute approximate surface area is 178 Å². The summed E-state index contributed by atoms with van der Waals surface area (Å²) in [6.45, 7) is 11.9. The summed E-state index contributed by atoms with van der Waals surface area (Å²) in [4.78, 5) is 26.8. The van der Waals surface area contributed by atoms with Crippen LogP contribution in [0.15, 0.2) is 22.7 Å². The molecule has 0 aliphatic carbocycles. The average Bonchev–Trinajstić information content (AvgIpc) is 3.13. The van der Waals surface area contributed by atoms with Crippen LogP contribution in [0, 0.1) is 26.7 Å². The standard InChI is InChI=1S/C23H33N3O4/c1-15(2)14-26(9-7-21(27)24-8-10-29-6)23(28)19-13-20(30-25-19)22-17(4)11-16(3)12-18(22)5/h11-13,15H,7-10,14H2,1-6H3,(H,24,27). The first-order valence-corrected chi connectivity index (χ1v) is 10.3. The minimum Gasteiger partial charge on any atom is -0.383 e. The summed E-state index contributed by atoms with van der Waals surface area (Å²) in [5.74, 6) is 0.500. The molecule has 2 rings (SSSR count). The van der Waals surface area contributed by atoms with Crippen molar-refractivity contribution in [2.75, 3.05) is 33.4 Å². The van der Waals surface area contributed by atoms with Crippen molar-refractivity contribution >= 4 is 11.8 Å². The molecule has 2 aromatic rings. The number of ether oxygens (including phenoxy) is 1. The Hall–Kier alpha value is -2.67. The molecular formula is C23H33N3O4. The van der Waals surface area contributed by atoms with Gasteiger partial charge in [-0.1, -0.05) is 36.7 Å². The van der Waals surface area contributed by atoms with Crippen molar-refractivity contribution in [3.05, 3.63) is 40.6 Å². The number of aromatic nitrogens is 1. The Bertz CT molecular complexity index is 850. The fourth-order valence-corrected chi connectivity index (χ4v) is 3.56. The van der Waals surface area contributed by atoms with Crippen molar-refractivity contribution in [3.8, 4) is 11.3 Å². The molecule has 1 aromatic heterocycles. The van der Waals surface area contributed by atoms with E-state index in [-0.39, 0.29) is 29.8 Å². The van der Waals surface area contributed by atoms with E-state index in [1.54, 1.807) is 18.1 Å². The summed E-state index contributed by atoms with van der Waals surface area (Å²) in [6.07, 6.45) is 0.225. The summed E-state index contributed by atoms with van der Waals surface area (Å²) in [6, 6.07) is 5.86. The molecule has 0 spiro atoms. The van der Waals surface area contributed by atoms with Crippen molar-refractivity contribution in [2.24, 2.45) is 5.92 Å². The zero-order chi connectivity index (χ0) is 22.3. The molecule has 1 aromatic carbocycles. The minimum absolute atomic E-state index is 0.111. The monoisotopic (exact) mass is 415 g/mol. The third-order valence-electron chi connectivity index (χ3n) is 4.76. The van der Waals surface area contributed by atoms with Gasteiger partial charge in [0.2, 0.25) is 5.91 Å². The van der Waals surface area contributed by atoms with E-state index >= 15 is 0 Å². The summed E-state index contributed by atoms with van der Waals surface area (Å²) < 4.78 is 10.5. The number of nitrogens with one attached hydrogen (secondary N) is 1. The highest BCUT2D eigenvalue weighted by atomic mass is 16.5. The van der Waals surface area contributed by atoms with Crippen LogP contribution in [0.1, 0.15) is 47.4 Å². The number of methoxy groups -OCH3 is 1. The molecule has 0 atom stereocenters. The van der Waals surface area contributed by atoms with Crippen LogP contribution in [0.4, 0.5) is 0 Å². The number of hydrogen-bond donors (Lipinski definition) is 1. The highest BCUT2D eigenvalue weighted by molar-refractivity contribution is 5.93. The summed E-state index contributed by atoms with van der Waals surface area (Å²) >= 11 is 0. The van der Waals surface area contributed by atoms with Gasteiger partial charge in [0.25, 0.3) is 5.91 Å². The van der Waals surface area contributed by atoms with Gasteiger partial charge in [0, 0.05) is 44.8 Å². The lowest BCUT2D eigenvalue weighted by atomic mass is 9.98. The third-order valence-corrected chi connectivity index (χ3v) is 4.76. The maximum atomic E-state index is 13.1. The molecule has 1 N–H and O–H groups in total. The molecule has 0 bridgehead atoms. The Morgan fingerprint density at radius 2 is 1.83 bits per heavy atom. The average molecular weight is 416 g/mol. The van der Waals surface area contributed by atoms with Crippen LogP contribution in [-0.2, 0) is 9.53 Å².